The molecule has 2 unspecified atom stereocenters. The summed E-state index contributed by atoms with van der Waals surface area (Å²) in [4.78, 5) is 27.2. The van der Waals surface area contributed by atoms with Gasteiger partial charge in [-0.25, -0.2) is 4.39 Å². The number of nitrogens with zero attached hydrogens (tertiary/aromatic N) is 1. The van der Waals surface area contributed by atoms with E-state index in [1.807, 2.05) is 6.92 Å². The van der Waals surface area contributed by atoms with Gasteiger partial charge in [0, 0.05) is 17.4 Å². The number of anilines is 1. The Balaban J connectivity index is 2.37. The molecule has 0 radical (unpaired) electrons. The Hall–Kier alpha value is -3.48. The molecule has 0 saturated carbocycles. The Labute approximate surface area is 175 Å². The van der Waals surface area contributed by atoms with E-state index in [9.17, 15) is 19.1 Å². The number of aromatic nitrogens is 1. The maximum Gasteiger partial charge on any atom is 0.312 e. The molecule has 0 spiro atoms. The minimum atomic E-state index is -1.01. The Bertz CT molecular complexity index is 914. The van der Waals surface area contributed by atoms with Gasteiger partial charge in [-0.05, 0) is 61.7 Å². The van der Waals surface area contributed by atoms with Crippen LogP contribution in [0.5, 0.6) is 0 Å². The number of aliphatic carboxylic acids is 1. The van der Waals surface area contributed by atoms with Gasteiger partial charge in [0.05, 0.1) is 24.6 Å². The summed E-state index contributed by atoms with van der Waals surface area (Å²) in [6.45, 7) is 5.99. The Morgan fingerprint density at radius 2 is 2.13 bits per heavy atom. The van der Waals surface area contributed by atoms with Gasteiger partial charge in [-0.15, -0.1) is 6.58 Å². The summed E-state index contributed by atoms with van der Waals surface area (Å²) in [7, 11) is 0. The van der Waals surface area contributed by atoms with Gasteiger partial charge < -0.3 is 20.0 Å². The lowest BCUT2D eigenvalue weighted by Crippen LogP contribution is -2.20. The molecule has 0 fully saturated rings. The normalized spacial score (nSPS) is 12.9. The van der Waals surface area contributed by atoms with Crippen LogP contribution < -0.4 is 5.32 Å². The van der Waals surface area contributed by atoms with Crippen LogP contribution in [0.15, 0.2) is 61.5 Å². The van der Waals surface area contributed by atoms with Crippen LogP contribution in [-0.2, 0) is 14.3 Å². The molecular weight excluding hydrogens is 387 g/mol. The van der Waals surface area contributed by atoms with Gasteiger partial charge in [0.25, 0.3) is 0 Å². The average Bonchev–Trinajstić information content (AvgIpc) is 2.75. The van der Waals surface area contributed by atoms with E-state index in [-0.39, 0.29) is 6.42 Å². The number of carboxylic acids is 1. The molecule has 30 heavy (non-hydrogen) atoms. The molecule has 158 valence electrons. The Morgan fingerprint density at radius 3 is 2.80 bits per heavy atom. The van der Waals surface area contributed by atoms with Crippen LogP contribution in [0, 0.1) is 5.82 Å². The molecule has 0 saturated heterocycles. The standard InChI is InChI=1S/C23H25FN2O4/c1-3-6-19(23(28)29)22-13-16(10-11-25-22)20-14-17(24)8-9-21(20)26-18(15-27)7-5-12-30-4-2/h3,5,8-15,18-19,26H,1,4,6-7H2,2H3,(H,28,29). The van der Waals surface area contributed by atoms with Crippen molar-refractivity contribution in [2.24, 2.45) is 0 Å². The maximum absolute atomic E-state index is 14.0. The number of hydrogen-bond donors (Lipinski definition) is 2. The van der Waals surface area contributed by atoms with Crippen molar-refractivity contribution >= 4 is 17.9 Å². The minimum Gasteiger partial charge on any atom is -0.502 e. The quantitative estimate of drug-likeness (QED) is 0.302. The van der Waals surface area contributed by atoms with Crippen molar-refractivity contribution in [1.82, 2.24) is 4.98 Å². The smallest absolute Gasteiger partial charge is 0.312 e. The molecule has 1 aromatic heterocycles. The number of nitrogens with one attached hydrogen (secondary N) is 1. The lowest BCUT2D eigenvalue weighted by Gasteiger charge is -2.17. The third-order valence-electron chi connectivity index (χ3n) is 4.39. The maximum atomic E-state index is 14.0. The number of rotatable bonds is 12. The van der Waals surface area contributed by atoms with Gasteiger partial charge in [-0.3, -0.25) is 9.78 Å². The number of carbonyl (C=O) groups excluding carboxylic acids is 1. The second-order valence-corrected chi connectivity index (χ2v) is 6.52. The zero-order chi connectivity index (χ0) is 21.9. The number of benzene rings is 1. The highest BCUT2D eigenvalue weighted by Gasteiger charge is 2.21. The minimum absolute atomic E-state index is 0.222. The SMILES string of the molecule is C=CCC(C(=O)O)c1cc(-c2cc(F)ccc2NC(C=O)CC=COCC)ccn1. The molecule has 7 heteroatoms. The monoisotopic (exact) mass is 412 g/mol. The molecule has 0 aliphatic heterocycles. The fourth-order valence-electron chi connectivity index (χ4n) is 2.92. The first-order chi connectivity index (χ1) is 14.5. The van der Waals surface area contributed by atoms with Crippen LogP contribution in [0.4, 0.5) is 10.1 Å². The molecule has 2 N–H and O–H groups in total. The number of halogens is 1. The fraction of sp³-hybridized carbons (Fsp3) is 0.261. The number of pyridine rings is 1. The lowest BCUT2D eigenvalue weighted by molar-refractivity contribution is -0.138. The van der Waals surface area contributed by atoms with E-state index in [4.69, 9.17) is 4.74 Å². The van der Waals surface area contributed by atoms with Crippen molar-refractivity contribution in [3.05, 3.63) is 73.0 Å². The van der Waals surface area contributed by atoms with E-state index in [2.05, 4.69) is 16.9 Å². The van der Waals surface area contributed by atoms with E-state index in [1.165, 1.54) is 30.7 Å². The first-order valence-corrected chi connectivity index (χ1v) is 9.58. The van der Waals surface area contributed by atoms with Crippen molar-refractivity contribution in [3.63, 3.8) is 0 Å². The fourth-order valence-corrected chi connectivity index (χ4v) is 2.92. The summed E-state index contributed by atoms with van der Waals surface area (Å²) in [5.74, 6) is -2.31. The largest absolute Gasteiger partial charge is 0.502 e. The number of carbonyl (C=O) groups is 2. The van der Waals surface area contributed by atoms with Crippen LogP contribution in [0.3, 0.4) is 0 Å². The number of ether oxygens (including phenoxy) is 1. The van der Waals surface area contributed by atoms with Crippen molar-refractivity contribution < 1.29 is 23.8 Å². The lowest BCUT2D eigenvalue weighted by atomic mass is 9.96. The van der Waals surface area contributed by atoms with Gasteiger partial charge in [-0.1, -0.05) is 6.08 Å². The van der Waals surface area contributed by atoms with Crippen LogP contribution in [0.2, 0.25) is 0 Å². The first kappa shape index (κ1) is 22.8. The molecule has 0 bridgehead atoms. The topological polar surface area (TPSA) is 88.5 Å². The van der Waals surface area contributed by atoms with Crippen LogP contribution in [0.25, 0.3) is 11.1 Å². The van der Waals surface area contributed by atoms with E-state index < -0.39 is 23.7 Å². The van der Waals surface area contributed by atoms with Gasteiger partial charge in [0.2, 0.25) is 0 Å². The van der Waals surface area contributed by atoms with Crippen molar-refractivity contribution in [2.75, 3.05) is 11.9 Å². The third kappa shape index (κ3) is 6.27. The van der Waals surface area contributed by atoms with Crippen molar-refractivity contribution in [2.45, 2.75) is 31.7 Å². The Kier molecular flexibility index (Phi) is 8.75. The highest BCUT2D eigenvalue weighted by atomic mass is 19.1. The molecule has 0 aliphatic carbocycles. The summed E-state index contributed by atoms with van der Waals surface area (Å²) in [5, 5.41) is 12.6. The zero-order valence-corrected chi connectivity index (χ0v) is 16.8. The Morgan fingerprint density at radius 1 is 1.33 bits per heavy atom. The number of aldehydes is 1. The highest BCUT2D eigenvalue weighted by molar-refractivity contribution is 5.81. The van der Waals surface area contributed by atoms with Crippen LogP contribution in [-0.4, -0.2) is 35.0 Å². The molecule has 0 aliphatic rings. The van der Waals surface area contributed by atoms with E-state index in [0.29, 0.717) is 35.5 Å². The first-order valence-electron chi connectivity index (χ1n) is 9.58. The predicted molar refractivity (Wildman–Crippen MR) is 114 cm³/mol. The second-order valence-electron chi connectivity index (χ2n) is 6.52. The highest BCUT2D eigenvalue weighted by Crippen LogP contribution is 2.31. The molecule has 2 atom stereocenters. The number of hydrogen-bond acceptors (Lipinski definition) is 5. The molecule has 1 heterocycles. The third-order valence-corrected chi connectivity index (χ3v) is 4.39. The average molecular weight is 412 g/mol. The molecule has 2 rings (SSSR count). The number of allylic oxidation sites excluding steroid dienone is 1. The number of carboxylic acid groups (broad SMARTS) is 1. The molecule has 0 amide bonds. The van der Waals surface area contributed by atoms with Gasteiger partial charge in [-0.2, -0.15) is 0 Å². The summed E-state index contributed by atoms with van der Waals surface area (Å²) < 4.78 is 19.1. The molecule has 1 aromatic carbocycles. The van der Waals surface area contributed by atoms with Crippen molar-refractivity contribution in [3.8, 4) is 11.1 Å². The summed E-state index contributed by atoms with van der Waals surface area (Å²) in [6, 6.07) is 6.92. The van der Waals surface area contributed by atoms with Crippen molar-refractivity contribution in [1.29, 1.82) is 0 Å². The molecule has 6 nitrogen and oxygen atoms in total. The van der Waals surface area contributed by atoms with E-state index in [1.54, 1.807) is 24.3 Å². The summed E-state index contributed by atoms with van der Waals surface area (Å²) in [6.07, 6.45) is 7.65. The van der Waals surface area contributed by atoms with E-state index in [0.717, 1.165) is 6.29 Å². The van der Waals surface area contributed by atoms with Gasteiger partial charge in [0.15, 0.2) is 0 Å². The predicted octanol–water partition coefficient (Wildman–Crippen LogP) is 4.55. The summed E-state index contributed by atoms with van der Waals surface area (Å²) >= 11 is 0. The molecular formula is C23H25FN2O4. The van der Waals surface area contributed by atoms with Gasteiger partial charge >= 0.3 is 5.97 Å². The van der Waals surface area contributed by atoms with Gasteiger partial charge in [0.1, 0.15) is 18.0 Å². The summed E-state index contributed by atoms with van der Waals surface area (Å²) in [5.41, 5.74) is 1.99. The van der Waals surface area contributed by atoms with Crippen LogP contribution >= 0.6 is 0 Å². The molecule has 2 aromatic rings. The van der Waals surface area contributed by atoms with E-state index >= 15 is 0 Å². The van der Waals surface area contributed by atoms with Crippen LogP contribution in [0.1, 0.15) is 31.4 Å². The zero-order valence-electron chi connectivity index (χ0n) is 16.8. The second kappa shape index (κ2) is 11.5.